The van der Waals surface area contributed by atoms with Crippen LogP contribution in [0.1, 0.15) is 24.1 Å². The quantitative estimate of drug-likeness (QED) is 0.859. The number of methoxy groups -OCH3 is 1. The molecule has 5 heteroatoms. The third kappa shape index (κ3) is 3.22. The van der Waals surface area contributed by atoms with E-state index in [-0.39, 0.29) is 17.6 Å². The average molecular weight is 342 g/mol. The molecule has 0 amide bonds. The van der Waals surface area contributed by atoms with Crippen LogP contribution in [0.4, 0.5) is 4.39 Å². The third-order valence-electron chi connectivity index (χ3n) is 3.16. The third-order valence-corrected chi connectivity index (χ3v) is 3.80. The molecule has 2 rings (SSSR count). The van der Waals surface area contributed by atoms with E-state index in [1.165, 1.54) is 7.11 Å². The standard InChI is InChI=1S/C15H17BrFNO2/c1-3-18-12(11-7-8-20-15(11)16)9-10-5-4-6-13(19-2)14(10)17/h4-8,12,18H,3,9H2,1-2H3. The minimum Gasteiger partial charge on any atom is -0.494 e. The Hall–Kier alpha value is -1.33. The molecule has 0 saturated heterocycles. The van der Waals surface area contributed by atoms with Crippen LogP contribution in [0, 0.1) is 5.82 Å². The lowest BCUT2D eigenvalue weighted by molar-refractivity contribution is 0.382. The molecule has 0 aliphatic carbocycles. The number of nitrogens with one attached hydrogen (secondary N) is 1. The van der Waals surface area contributed by atoms with Gasteiger partial charge in [-0.15, -0.1) is 0 Å². The second-order valence-corrected chi connectivity index (χ2v) is 5.12. The van der Waals surface area contributed by atoms with Crippen LogP contribution in [0.2, 0.25) is 0 Å². The van der Waals surface area contributed by atoms with Crippen LogP contribution in [-0.4, -0.2) is 13.7 Å². The molecule has 1 heterocycles. The maximum Gasteiger partial charge on any atom is 0.173 e. The molecule has 1 aromatic heterocycles. The van der Waals surface area contributed by atoms with Crippen LogP contribution in [0.15, 0.2) is 39.6 Å². The normalized spacial score (nSPS) is 12.4. The van der Waals surface area contributed by atoms with E-state index in [9.17, 15) is 4.39 Å². The predicted molar refractivity (Wildman–Crippen MR) is 79.5 cm³/mol. The Morgan fingerprint density at radius 1 is 1.40 bits per heavy atom. The van der Waals surface area contributed by atoms with Crippen LogP contribution >= 0.6 is 15.9 Å². The van der Waals surface area contributed by atoms with Gasteiger partial charge in [0.15, 0.2) is 16.2 Å². The van der Waals surface area contributed by atoms with Crippen molar-refractivity contribution in [1.82, 2.24) is 5.32 Å². The lowest BCUT2D eigenvalue weighted by Crippen LogP contribution is -2.23. The SMILES string of the molecule is CCNC(Cc1cccc(OC)c1F)c1ccoc1Br. The molecule has 1 aromatic carbocycles. The monoisotopic (exact) mass is 341 g/mol. The summed E-state index contributed by atoms with van der Waals surface area (Å²) in [6.07, 6.45) is 2.14. The van der Waals surface area contributed by atoms with Gasteiger partial charge in [0.1, 0.15) is 0 Å². The molecule has 1 atom stereocenters. The highest BCUT2D eigenvalue weighted by molar-refractivity contribution is 9.10. The minimum atomic E-state index is -0.308. The molecule has 0 fully saturated rings. The molecule has 0 aliphatic rings. The Morgan fingerprint density at radius 2 is 2.20 bits per heavy atom. The van der Waals surface area contributed by atoms with Crippen molar-refractivity contribution in [2.24, 2.45) is 0 Å². The van der Waals surface area contributed by atoms with Gasteiger partial charge in [-0.25, -0.2) is 4.39 Å². The van der Waals surface area contributed by atoms with Crippen molar-refractivity contribution >= 4 is 15.9 Å². The first-order valence-corrected chi connectivity index (χ1v) is 7.24. The number of ether oxygens (including phenoxy) is 1. The van der Waals surface area contributed by atoms with E-state index in [4.69, 9.17) is 9.15 Å². The van der Waals surface area contributed by atoms with Crippen molar-refractivity contribution < 1.29 is 13.5 Å². The molecule has 2 aromatic rings. The van der Waals surface area contributed by atoms with Crippen molar-refractivity contribution in [2.45, 2.75) is 19.4 Å². The molecule has 20 heavy (non-hydrogen) atoms. The molecule has 0 bridgehead atoms. The minimum absolute atomic E-state index is 0.0188. The zero-order valence-electron chi connectivity index (χ0n) is 11.5. The van der Waals surface area contributed by atoms with Crippen molar-refractivity contribution in [3.05, 3.63) is 52.1 Å². The van der Waals surface area contributed by atoms with Gasteiger partial charge in [-0.05, 0) is 46.6 Å². The molecule has 1 N–H and O–H groups in total. The fraction of sp³-hybridized carbons (Fsp3) is 0.333. The van der Waals surface area contributed by atoms with E-state index < -0.39 is 0 Å². The number of likely N-dealkylation sites (N-methyl/N-ethyl adjacent to an activating group) is 1. The van der Waals surface area contributed by atoms with Crippen molar-refractivity contribution in [3.63, 3.8) is 0 Å². The fourth-order valence-corrected chi connectivity index (χ4v) is 2.70. The summed E-state index contributed by atoms with van der Waals surface area (Å²) in [6, 6.07) is 7.06. The van der Waals surface area contributed by atoms with Crippen LogP contribution in [0.5, 0.6) is 5.75 Å². The Morgan fingerprint density at radius 3 is 2.80 bits per heavy atom. The second kappa shape index (κ2) is 6.90. The van der Waals surface area contributed by atoms with E-state index in [2.05, 4.69) is 21.2 Å². The molecule has 0 aliphatic heterocycles. The molecule has 0 spiro atoms. The van der Waals surface area contributed by atoms with E-state index in [0.717, 1.165) is 12.1 Å². The Balaban J connectivity index is 2.27. The summed E-state index contributed by atoms with van der Waals surface area (Å²) in [7, 11) is 1.47. The summed E-state index contributed by atoms with van der Waals surface area (Å²) in [4.78, 5) is 0. The van der Waals surface area contributed by atoms with Crippen LogP contribution < -0.4 is 10.1 Å². The van der Waals surface area contributed by atoms with Crippen molar-refractivity contribution in [2.75, 3.05) is 13.7 Å². The number of rotatable bonds is 6. The summed E-state index contributed by atoms with van der Waals surface area (Å²) in [5, 5.41) is 3.34. The van der Waals surface area contributed by atoms with E-state index >= 15 is 0 Å². The fourth-order valence-electron chi connectivity index (χ4n) is 2.18. The zero-order valence-corrected chi connectivity index (χ0v) is 13.0. The summed E-state index contributed by atoms with van der Waals surface area (Å²) >= 11 is 3.37. The maximum atomic E-state index is 14.2. The van der Waals surface area contributed by atoms with Gasteiger partial charge in [0, 0.05) is 11.6 Å². The number of furan rings is 1. The lowest BCUT2D eigenvalue weighted by atomic mass is 10.0. The number of halogens is 2. The van der Waals surface area contributed by atoms with Crippen LogP contribution in [0.25, 0.3) is 0 Å². The van der Waals surface area contributed by atoms with E-state index in [1.807, 2.05) is 13.0 Å². The highest BCUT2D eigenvalue weighted by Gasteiger charge is 2.19. The van der Waals surface area contributed by atoms with Gasteiger partial charge in [-0.3, -0.25) is 0 Å². The van der Waals surface area contributed by atoms with Crippen molar-refractivity contribution in [1.29, 1.82) is 0 Å². The van der Waals surface area contributed by atoms with Gasteiger partial charge in [0.25, 0.3) is 0 Å². The van der Waals surface area contributed by atoms with E-state index in [1.54, 1.807) is 24.5 Å². The van der Waals surface area contributed by atoms with Crippen LogP contribution in [0.3, 0.4) is 0 Å². The predicted octanol–water partition coefficient (Wildman–Crippen LogP) is 4.08. The molecule has 1 unspecified atom stereocenters. The largest absolute Gasteiger partial charge is 0.494 e. The first-order chi connectivity index (χ1) is 9.67. The molecule has 3 nitrogen and oxygen atoms in total. The second-order valence-electron chi connectivity index (χ2n) is 4.40. The Kier molecular flexibility index (Phi) is 5.20. The average Bonchev–Trinajstić information content (AvgIpc) is 2.86. The van der Waals surface area contributed by atoms with E-state index in [0.29, 0.717) is 16.7 Å². The smallest absolute Gasteiger partial charge is 0.173 e. The maximum absolute atomic E-state index is 14.2. The van der Waals surface area contributed by atoms with Gasteiger partial charge < -0.3 is 14.5 Å². The number of benzene rings is 1. The van der Waals surface area contributed by atoms with Gasteiger partial charge in [0.2, 0.25) is 0 Å². The highest BCUT2D eigenvalue weighted by atomic mass is 79.9. The highest BCUT2D eigenvalue weighted by Crippen LogP contribution is 2.29. The lowest BCUT2D eigenvalue weighted by Gasteiger charge is -2.18. The molecule has 0 saturated carbocycles. The summed E-state index contributed by atoms with van der Waals surface area (Å²) in [5.41, 5.74) is 1.59. The van der Waals surface area contributed by atoms with Gasteiger partial charge in [0.05, 0.1) is 13.4 Å². The topological polar surface area (TPSA) is 34.4 Å². The van der Waals surface area contributed by atoms with Gasteiger partial charge >= 0.3 is 0 Å². The summed E-state index contributed by atoms with van der Waals surface area (Å²) < 4.78 is 25.2. The molecular formula is C15H17BrFNO2. The molecule has 0 radical (unpaired) electrons. The van der Waals surface area contributed by atoms with Gasteiger partial charge in [-0.2, -0.15) is 0 Å². The van der Waals surface area contributed by atoms with Gasteiger partial charge in [-0.1, -0.05) is 19.1 Å². The summed E-state index contributed by atoms with van der Waals surface area (Å²) in [5.74, 6) is -0.0403. The number of hydrogen-bond acceptors (Lipinski definition) is 3. The summed E-state index contributed by atoms with van der Waals surface area (Å²) in [6.45, 7) is 2.80. The zero-order chi connectivity index (χ0) is 14.5. The van der Waals surface area contributed by atoms with Crippen LogP contribution in [-0.2, 0) is 6.42 Å². The molecular weight excluding hydrogens is 325 g/mol. The first kappa shape index (κ1) is 15.1. The van der Waals surface area contributed by atoms with Crippen molar-refractivity contribution in [3.8, 4) is 5.75 Å². The molecule has 108 valence electrons. The Bertz CT molecular complexity index is 571. The number of hydrogen-bond donors (Lipinski definition) is 1. The Labute approximate surface area is 126 Å². The first-order valence-electron chi connectivity index (χ1n) is 6.45.